The second-order valence-corrected chi connectivity index (χ2v) is 8.00. The molecule has 0 N–H and O–H groups in total. The Morgan fingerprint density at radius 1 is 1.21 bits per heavy atom. The van der Waals surface area contributed by atoms with E-state index in [0.29, 0.717) is 32.6 Å². The van der Waals surface area contributed by atoms with Gasteiger partial charge in [-0.15, -0.1) is 0 Å². The molecule has 7 heteroatoms. The third-order valence-electron chi connectivity index (χ3n) is 4.34. The van der Waals surface area contributed by atoms with Crippen molar-refractivity contribution in [3.8, 4) is 11.8 Å². The Morgan fingerprint density at radius 3 is 2.33 bits per heavy atom. The monoisotopic (exact) mass is 351 g/mol. The average Bonchev–Trinajstić information content (AvgIpc) is 2.62. The highest BCUT2D eigenvalue weighted by Gasteiger charge is 2.30. The number of rotatable bonds is 7. The molecule has 1 aliphatic heterocycles. The van der Waals surface area contributed by atoms with E-state index >= 15 is 0 Å². The molecule has 1 unspecified atom stereocenters. The van der Waals surface area contributed by atoms with Gasteiger partial charge in [-0.1, -0.05) is 25.5 Å². The highest BCUT2D eigenvalue weighted by molar-refractivity contribution is 7.89. The molecule has 0 amide bonds. The van der Waals surface area contributed by atoms with Crippen molar-refractivity contribution in [3.05, 3.63) is 29.8 Å². The topological polar surface area (TPSA) is 73.6 Å². The van der Waals surface area contributed by atoms with Crippen LogP contribution in [-0.4, -0.2) is 56.7 Å². The first-order valence-corrected chi connectivity index (χ1v) is 9.88. The summed E-state index contributed by atoms with van der Waals surface area (Å²) in [7, 11) is -1.56. The summed E-state index contributed by atoms with van der Waals surface area (Å²) in [4.78, 5) is 2.04. The third-order valence-corrected chi connectivity index (χ3v) is 6.30. The van der Waals surface area contributed by atoms with Crippen LogP contribution in [0.5, 0.6) is 5.75 Å². The van der Waals surface area contributed by atoms with E-state index in [1.807, 2.05) is 36.1 Å². The van der Waals surface area contributed by atoms with Crippen LogP contribution in [0.15, 0.2) is 24.3 Å². The van der Waals surface area contributed by atoms with Crippen LogP contribution in [0.25, 0.3) is 0 Å². The average molecular weight is 351 g/mol. The lowest BCUT2D eigenvalue weighted by molar-refractivity contribution is 0.162. The zero-order valence-corrected chi connectivity index (χ0v) is 15.1. The molecule has 1 saturated heterocycles. The van der Waals surface area contributed by atoms with Gasteiger partial charge in [0.05, 0.1) is 18.9 Å². The fourth-order valence-electron chi connectivity index (χ4n) is 2.85. The van der Waals surface area contributed by atoms with Gasteiger partial charge in [0, 0.05) is 26.2 Å². The van der Waals surface area contributed by atoms with Crippen LogP contribution in [0.2, 0.25) is 0 Å². The van der Waals surface area contributed by atoms with E-state index in [1.54, 1.807) is 11.4 Å². The summed E-state index contributed by atoms with van der Waals surface area (Å²) in [5.74, 6) is 0.964. The van der Waals surface area contributed by atoms with E-state index in [1.165, 1.54) is 0 Å². The minimum absolute atomic E-state index is 0.212. The second-order valence-electron chi connectivity index (χ2n) is 5.91. The number of benzene rings is 1. The van der Waals surface area contributed by atoms with Gasteiger partial charge in [-0.25, -0.2) is 8.42 Å². The number of ether oxygens (including phenoxy) is 1. The van der Waals surface area contributed by atoms with Gasteiger partial charge in [0.15, 0.2) is 0 Å². The summed E-state index contributed by atoms with van der Waals surface area (Å²) < 4.78 is 31.2. The van der Waals surface area contributed by atoms with Crippen LogP contribution < -0.4 is 4.74 Å². The molecule has 24 heavy (non-hydrogen) atoms. The Morgan fingerprint density at radius 2 is 1.83 bits per heavy atom. The molecule has 1 fully saturated rings. The lowest BCUT2D eigenvalue weighted by atomic mass is 10.1. The highest BCUT2D eigenvalue weighted by atomic mass is 32.2. The zero-order valence-electron chi connectivity index (χ0n) is 14.3. The van der Waals surface area contributed by atoms with Crippen LogP contribution in [0, 0.1) is 11.3 Å². The second kappa shape index (κ2) is 8.47. The molecule has 1 aromatic rings. The molecule has 0 aromatic heterocycles. The molecule has 1 aromatic carbocycles. The van der Waals surface area contributed by atoms with Gasteiger partial charge in [-0.3, -0.25) is 4.90 Å². The molecule has 1 atom stereocenters. The Labute approximate surface area is 144 Å². The Hall–Kier alpha value is -1.62. The number of piperazine rings is 1. The number of hydrogen-bond donors (Lipinski definition) is 0. The largest absolute Gasteiger partial charge is 0.497 e. The van der Waals surface area contributed by atoms with Crippen molar-refractivity contribution in [3.63, 3.8) is 0 Å². The maximum atomic E-state index is 12.3. The van der Waals surface area contributed by atoms with Crippen LogP contribution in [-0.2, 0) is 10.0 Å². The molecule has 2 rings (SSSR count). The third kappa shape index (κ3) is 4.47. The van der Waals surface area contributed by atoms with Crippen molar-refractivity contribution < 1.29 is 13.2 Å². The molecule has 1 heterocycles. The van der Waals surface area contributed by atoms with Gasteiger partial charge >= 0.3 is 0 Å². The lowest BCUT2D eigenvalue weighted by Gasteiger charge is -2.36. The van der Waals surface area contributed by atoms with Crippen LogP contribution in [0.1, 0.15) is 31.4 Å². The fraction of sp³-hybridized carbons (Fsp3) is 0.588. The molecule has 1 aliphatic rings. The minimum atomic E-state index is -3.17. The molecule has 0 bridgehead atoms. The molecule has 132 valence electrons. The predicted molar refractivity (Wildman–Crippen MR) is 93.2 cm³/mol. The maximum absolute atomic E-state index is 12.3. The molecule has 0 spiro atoms. The van der Waals surface area contributed by atoms with Gasteiger partial charge < -0.3 is 4.74 Å². The molecule has 0 aliphatic carbocycles. The van der Waals surface area contributed by atoms with Crippen molar-refractivity contribution in [1.82, 2.24) is 9.21 Å². The quantitative estimate of drug-likeness (QED) is 0.751. The Balaban J connectivity index is 2.00. The number of nitrogens with zero attached hydrogens (tertiary/aromatic N) is 3. The van der Waals surface area contributed by atoms with E-state index in [4.69, 9.17) is 4.74 Å². The van der Waals surface area contributed by atoms with Gasteiger partial charge in [-0.2, -0.15) is 9.57 Å². The SMILES string of the molecule is CCCCS(=O)(=O)N1CCN(C(C#N)c2ccc(OC)cc2)CC1. The summed E-state index contributed by atoms with van der Waals surface area (Å²) >= 11 is 0. The molecular formula is C17H25N3O3S. The van der Waals surface area contributed by atoms with E-state index in [2.05, 4.69) is 6.07 Å². The van der Waals surface area contributed by atoms with Crippen molar-refractivity contribution in [1.29, 1.82) is 5.26 Å². The molecular weight excluding hydrogens is 326 g/mol. The van der Waals surface area contributed by atoms with Gasteiger partial charge in [0.2, 0.25) is 10.0 Å². The number of unbranched alkanes of at least 4 members (excludes halogenated alkanes) is 1. The molecule has 0 radical (unpaired) electrons. The van der Waals surface area contributed by atoms with E-state index < -0.39 is 10.0 Å². The Kier molecular flexibility index (Phi) is 6.60. The summed E-state index contributed by atoms with van der Waals surface area (Å²) in [5.41, 5.74) is 0.903. The lowest BCUT2D eigenvalue weighted by Crippen LogP contribution is -2.50. The first-order chi connectivity index (χ1) is 11.5. The zero-order chi connectivity index (χ0) is 17.6. The van der Waals surface area contributed by atoms with Crippen molar-refractivity contribution >= 4 is 10.0 Å². The maximum Gasteiger partial charge on any atom is 0.214 e. The van der Waals surface area contributed by atoms with Crippen molar-refractivity contribution in [2.45, 2.75) is 25.8 Å². The van der Waals surface area contributed by atoms with E-state index in [0.717, 1.165) is 17.7 Å². The van der Waals surface area contributed by atoms with E-state index in [-0.39, 0.29) is 11.8 Å². The number of methoxy groups -OCH3 is 1. The van der Waals surface area contributed by atoms with Crippen LogP contribution in [0.3, 0.4) is 0 Å². The standard InChI is InChI=1S/C17H25N3O3S/c1-3-4-13-24(21,22)20-11-9-19(10-12-20)17(14-18)15-5-7-16(23-2)8-6-15/h5-8,17H,3-4,9-13H2,1-2H3. The smallest absolute Gasteiger partial charge is 0.214 e. The number of nitriles is 1. The predicted octanol–water partition coefficient (Wildman–Crippen LogP) is 2.01. The minimum Gasteiger partial charge on any atom is -0.497 e. The molecule has 6 nitrogen and oxygen atoms in total. The van der Waals surface area contributed by atoms with Gasteiger partial charge in [0.25, 0.3) is 0 Å². The van der Waals surface area contributed by atoms with Crippen molar-refractivity contribution in [2.24, 2.45) is 0 Å². The summed E-state index contributed by atoms with van der Waals surface area (Å²) in [6.07, 6.45) is 1.56. The molecule has 0 saturated carbocycles. The Bertz CT molecular complexity index is 659. The summed E-state index contributed by atoms with van der Waals surface area (Å²) in [5, 5.41) is 9.55. The van der Waals surface area contributed by atoms with E-state index in [9.17, 15) is 13.7 Å². The van der Waals surface area contributed by atoms with Gasteiger partial charge in [-0.05, 0) is 24.1 Å². The summed E-state index contributed by atoms with van der Waals surface area (Å²) in [6.45, 7) is 4.01. The first kappa shape index (κ1) is 18.7. The van der Waals surface area contributed by atoms with Crippen LogP contribution >= 0.6 is 0 Å². The number of sulfonamides is 1. The normalized spacial score (nSPS) is 18.0. The van der Waals surface area contributed by atoms with Gasteiger partial charge in [0.1, 0.15) is 11.8 Å². The number of hydrogen-bond acceptors (Lipinski definition) is 5. The van der Waals surface area contributed by atoms with Crippen LogP contribution in [0.4, 0.5) is 0 Å². The highest BCUT2D eigenvalue weighted by Crippen LogP contribution is 2.24. The summed E-state index contributed by atoms with van der Waals surface area (Å²) in [6, 6.07) is 9.41. The fourth-order valence-corrected chi connectivity index (χ4v) is 4.48. The van der Waals surface area contributed by atoms with Crippen molar-refractivity contribution in [2.75, 3.05) is 39.0 Å². The first-order valence-electron chi connectivity index (χ1n) is 8.27.